The highest BCUT2D eigenvalue weighted by Gasteiger charge is 2.30. The first-order chi connectivity index (χ1) is 12.9. The molecule has 1 aliphatic rings. The van der Waals surface area contributed by atoms with Crippen molar-refractivity contribution in [2.75, 3.05) is 39.8 Å². The monoisotopic (exact) mass is 373 g/mol. The van der Waals surface area contributed by atoms with Gasteiger partial charge in [-0.1, -0.05) is 19.1 Å². The molecule has 7 nitrogen and oxygen atoms in total. The van der Waals surface area contributed by atoms with Crippen LogP contribution in [0.25, 0.3) is 0 Å². The van der Waals surface area contributed by atoms with Crippen molar-refractivity contribution in [3.05, 3.63) is 29.8 Å². The summed E-state index contributed by atoms with van der Waals surface area (Å²) in [5.74, 6) is -1.20. The standard InChI is InChI=1S/C20H27N3O4/c1-15(18(14-21)20(26)23-9-7-22(2)8-10-23)12-16-4-3-5-17(13-16)27-11-6-19(24)25/h3-5,13,15,18H,6-12H2,1-2H3,(H,24,25). The topological polar surface area (TPSA) is 93.9 Å². The lowest BCUT2D eigenvalue weighted by molar-refractivity contribution is -0.138. The zero-order valence-electron chi connectivity index (χ0n) is 15.9. The second-order valence-electron chi connectivity index (χ2n) is 7.06. The molecule has 27 heavy (non-hydrogen) atoms. The molecule has 1 aliphatic heterocycles. The number of aliphatic carboxylic acids is 1. The lowest BCUT2D eigenvalue weighted by Gasteiger charge is -2.34. The molecule has 0 spiro atoms. The van der Waals surface area contributed by atoms with Crippen LogP contribution < -0.4 is 4.74 Å². The van der Waals surface area contributed by atoms with E-state index < -0.39 is 11.9 Å². The zero-order chi connectivity index (χ0) is 19.8. The van der Waals surface area contributed by atoms with Crippen LogP contribution in [-0.2, 0) is 16.0 Å². The van der Waals surface area contributed by atoms with Crippen LogP contribution in [-0.4, -0.2) is 66.6 Å². The van der Waals surface area contributed by atoms with Crippen LogP contribution in [0.5, 0.6) is 5.75 Å². The molecule has 1 heterocycles. The van der Waals surface area contributed by atoms with E-state index in [2.05, 4.69) is 11.0 Å². The molecule has 1 saturated heterocycles. The van der Waals surface area contributed by atoms with Crippen molar-refractivity contribution >= 4 is 11.9 Å². The molecule has 146 valence electrons. The molecule has 2 unspecified atom stereocenters. The van der Waals surface area contributed by atoms with Crippen molar-refractivity contribution in [3.8, 4) is 11.8 Å². The third-order valence-electron chi connectivity index (χ3n) is 4.83. The summed E-state index contributed by atoms with van der Waals surface area (Å²) in [5.41, 5.74) is 0.960. The fourth-order valence-corrected chi connectivity index (χ4v) is 3.16. The number of likely N-dealkylation sites (N-methyl/N-ethyl adjacent to an activating group) is 1. The second-order valence-corrected chi connectivity index (χ2v) is 7.06. The first-order valence-electron chi connectivity index (χ1n) is 9.21. The Hall–Kier alpha value is -2.59. The number of rotatable bonds is 8. The van der Waals surface area contributed by atoms with Gasteiger partial charge in [0.05, 0.1) is 19.1 Å². The molecule has 0 radical (unpaired) electrons. The van der Waals surface area contributed by atoms with E-state index >= 15 is 0 Å². The highest BCUT2D eigenvalue weighted by atomic mass is 16.5. The first kappa shape index (κ1) is 20.7. The molecule has 1 aromatic carbocycles. The molecule has 1 aromatic rings. The lowest BCUT2D eigenvalue weighted by atomic mass is 9.88. The zero-order valence-corrected chi connectivity index (χ0v) is 15.9. The summed E-state index contributed by atoms with van der Waals surface area (Å²) in [7, 11) is 2.03. The van der Waals surface area contributed by atoms with Crippen LogP contribution >= 0.6 is 0 Å². The summed E-state index contributed by atoms with van der Waals surface area (Å²) in [5, 5.41) is 18.2. The number of carbonyl (C=O) groups is 2. The number of hydrogen-bond donors (Lipinski definition) is 1. The molecule has 2 rings (SSSR count). The van der Waals surface area contributed by atoms with Crippen LogP contribution in [0.15, 0.2) is 24.3 Å². The van der Waals surface area contributed by atoms with Crippen LogP contribution in [0.2, 0.25) is 0 Å². The third-order valence-corrected chi connectivity index (χ3v) is 4.83. The Kier molecular flexibility index (Phi) is 7.62. The average molecular weight is 373 g/mol. The van der Waals surface area contributed by atoms with Crippen LogP contribution in [0, 0.1) is 23.2 Å². The largest absolute Gasteiger partial charge is 0.493 e. The third kappa shape index (κ3) is 6.26. The number of nitrogens with zero attached hydrogens (tertiary/aromatic N) is 3. The highest BCUT2D eigenvalue weighted by Crippen LogP contribution is 2.22. The van der Waals surface area contributed by atoms with Gasteiger partial charge in [0, 0.05) is 26.2 Å². The number of carboxylic acids is 1. The number of ether oxygens (including phenoxy) is 1. The minimum atomic E-state index is -0.904. The Morgan fingerprint density at radius 2 is 2.00 bits per heavy atom. The van der Waals surface area contributed by atoms with Gasteiger partial charge in [-0.05, 0) is 37.1 Å². The van der Waals surface area contributed by atoms with Crippen molar-refractivity contribution in [1.82, 2.24) is 9.80 Å². The maximum Gasteiger partial charge on any atom is 0.306 e. The van der Waals surface area contributed by atoms with Gasteiger partial charge < -0.3 is 19.6 Å². The van der Waals surface area contributed by atoms with Crippen molar-refractivity contribution in [3.63, 3.8) is 0 Å². The summed E-state index contributed by atoms with van der Waals surface area (Å²) in [6, 6.07) is 9.56. The summed E-state index contributed by atoms with van der Waals surface area (Å²) in [6.07, 6.45) is 0.518. The van der Waals surface area contributed by atoms with E-state index in [9.17, 15) is 14.9 Å². The van der Waals surface area contributed by atoms with Gasteiger partial charge in [0.1, 0.15) is 11.7 Å². The number of hydrogen-bond acceptors (Lipinski definition) is 5. The van der Waals surface area contributed by atoms with Crippen LogP contribution in [0.1, 0.15) is 18.9 Å². The molecule has 0 bridgehead atoms. The number of carbonyl (C=O) groups excluding carboxylic acids is 1. The van der Waals surface area contributed by atoms with Gasteiger partial charge in [-0.3, -0.25) is 9.59 Å². The van der Waals surface area contributed by atoms with E-state index in [-0.39, 0.29) is 24.9 Å². The first-order valence-corrected chi connectivity index (χ1v) is 9.21. The number of nitriles is 1. The number of carboxylic acid groups (broad SMARTS) is 1. The smallest absolute Gasteiger partial charge is 0.306 e. The molecule has 0 aromatic heterocycles. The molecule has 0 saturated carbocycles. The molecule has 1 fully saturated rings. The molecule has 1 N–H and O–H groups in total. The molecule has 0 aliphatic carbocycles. The van der Waals surface area contributed by atoms with Crippen molar-refractivity contribution in [2.24, 2.45) is 11.8 Å². The molecule has 1 amide bonds. The van der Waals surface area contributed by atoms with Crippen molar-refractivity contribution < 1.29 is 19.4 Å². The Morgan fingerprint density at radius 1 is 1.30 bits per heavy atom. The van der Waals surface area contributed by atoms with E-state index in [0.717, 1.165) is 18.7 Å². The van der Waals surface area contributed by atoms with Gasteiger partial charge in [-0.25, -0.2) is 0 Å². The normalized spacial score (nSPS) is 17.0. The Bertz CT molecular complexity index is 693. The van der Waals surface area contributed by atoms with Gasteiger partial charge in [0.2, 0.25) is 5.91 Å². The predicted octanol–water partition coefficient (Wildman–Crippen LogP) is 1.63. The number of piperazine rings is 1. The Balaban J connectivity index is 1.95. The van der Waals surface area contributed by atoms with Gasteiger partial charge in [0.15, 0.2) is 0 Å². The maximum absolute atomic E-state index is 12.7. The van der Waals surface area contributed by atoms with Crippen molar-refractivity contribution in [1.29, 1.82) is 5.26 Å². The Morgan fingerprint density at radius 3 is 2.63 bits per heavy atom. The quantitative estimate of drug-likeness (QED) is 0.744. The molecule has 2 atom stereocenters. The minimum Gasteiger partial charge on any atom is -0.493 e. The van der Waals surface area contributed by atoms with E-state index in [1.54, 1.807) is 11.0 Å². The Labute approximate surface area is 160 Å². The fraction of sp³-hybridized carbons (Fsp3) is 0.550. The molecular weight excluding hydrogens is 346 g/mol. The van der Waals surface area contributed by atoms with Crippen LogP contribution in [0.3, 0.4) is 0 Å². The van der Waals surface area contributed by atoms with Gasteiger partial charge >= 0.3 is 5.97 Å². The second kappa shape index (κ2) is 9.93. The summed E-state index contributed by atoms with van der Waals surface area (Å²) < 4.78 is 5.45. The van der Waals surface area contributed by atoms with Crippen molar-refractivity contribution in [2.45, 2.75) is 19.8 Å². The van der Waals surface area contributed by atoms with Crippen LogP contribution in [0.4, 0.5) is 0 Å². The lowest BCUT2D eigenvalue weighted by Crippen LogP contribution is -2.49. The van der Waals surface area contributed by atoms with Gasteiger partial charge in [-0.15, -0.1) is 0 Å². The average Bonchev–Trinajstić information content (AvgIpc) is 2.63. The fourth-order valence-electron chi connectivity index (χ4n) is 3.16. The van der Waals surface area contributed by atoms with Gasteiger partial charge in [-0.2, -0.15) is 5.26 Å². The van der Waals surface area contributed by atoms with E-state index in [1.807, 2.05) is 32.2 Å². The summed E-state index contributed by atoms with van der Waals surface area (Å²) in [6.45, 7) is 5.00. The number of benzene rings is 1. The van der Waals surface area contributed by atoms with E-state index in [4.69, 9.17) is 9.84 Å². The van der Waals surface area contributed by atoms with E-state index in [0.29, 0.717) is 25.3 Å². The molecular formula is C20H27N3O4. The predicted molar refractivity (Wildman–Crippen MR) is 100 cm³/mol. The SMILES string of the molecule is CC(Cc1cccc(OCCC(=O)O)c1)C(C#N)C(=O)N1CCN(C)CC1. The van der Waals surface area contributed by atoms with E-state index in [1.165, 1.54) is 0 Å². The summed E-state index contributed by atoms with van der Waals surface area (Å²) >= 11 is 0. The highest BCUT2D eigenvalue weighted by molar-refractivity contribution is 5.81. The summed E-state index contributed by atoms with van der Waals surface area (Å²) in [4.78, 5) is 27.3. The van der Waals surface area contributed by atoms with Gasteiger partial charge in [0.25, 0.3) is 0 Å². The minimum absolute atomic E-state index is 0.0589. The number of amides is 1. The maximum atomic E-state index is 12.7. The molecule has 7 heteroatoms.